The average Bonchev–Trinajstić information content (AvgIpc) is 3.65. The quantitative estimate of drug-likeness (QED) is 0.307. The molecule has 1 heterocycles. The van der Waals surface area contributed by atoms with E-state index in [4.69, 9.17) is 21.4 Å². The van der Waals surface area contributed by atoms with Crippen LogP contribution in [0.5, 0.6) is 11.6 Å². The maximum absolute atomic E-state index is 13.4. The molecule has 4 aromatic rings. The van der Waals surface area contributed by atoms with Crippen molar-refractivity contribution >= 4 is 17.5 Å². The molecule has 1 amide bonds. The van der Waals surface area contributed by atoms with Crippen LogP contribution in [0.25, 0.3) is 11.3 Å². The average molecular weight is 476 g/mol. The highest BCUT2D eigenvalue weighted by molar-refractivity contribution is 6.30. The van der Waals surface area contributed by atoms with Gasteiger partial charge in [0.25, 0.3) is 5.91 Å². The fourth-order valence-corrected chi connectivity index (χ4v) is 4.07. The summed E-state index contributed by atoms with van der Waals surface area (Å²) in [5.41, 5.74) is 2.96. The molecule has 0 aliphatic heterocycles. The van der Waals surface area contributed by atoms with Gasteiger partial charge in [0.2, 0.25) is 5.88 Å². The van der Waals surface area contributed by atoms with Gasteiger partial charge in [0.15, 0.2) is 0 Å². The third kappa shape index (κ3) is 4.68. The van der Waals surface area contributed by atoms with Gasteiger partial charge in [0.1, 0.15) is 17.3 Å². The van der Waals surface area contributed by atoms with Crippen molar-refractivity contribution in [2.24, 2.45) is 7.05 Å². The van der Waals surface area contributed by atoms with E-state index < -0.39 is 0 Å². The molecule has 1 aromatic heterocycles. The molecular weight excluding hydrogens is 453 g/mol. The first-order valence-electron chi connectivity index (χ1n) is 11.1. The van der Waals surface area contributed by atoms with Gasteiger partial charge < -0.3 is 9.64 Å². The van der Waals surface area contributed by atoms with E-state index >= 15 is 0 Å². The topological polar surface area (TPSA) is 47.4 Å². The molecule has 1 fully saturated rings. The van der Waals surface area contributed by atoms with Crippen LogP contribution in [0.2, 0.25) is 5.02 Å². The molecule has 0 bridgehead atoms. The zero-order valence-corrected chi connectivity index (χ0v) is 19.4. The number of carbonyl (C=O) groups excluding carboxylic acids is 1. The van der Waals surface area contributed by atoms with E-state index in [1.54, 1.807) is 28.9 Å². The maximum Gasteiger partial charge on any atom is 0.254 e. The summed E-state index contributed by atoms with van der Waals surface area (Å²) < 4.78 is 21.4. The first-order chi connectivity index (χ1) is 16.5. The number of nitrogens with zero attached hydrogens (tertiary/aromatic N) is 3. The molecule has 3 aromatic carbocycles. The Kier molecular flexibility index (Phi) is 6.07. The lowest BCUT2D eigenvalue weighted by molar-refractivity contribution is 0.0729. The number of amides is 1. The molecule has 1 aliphatic rings. The second-order valence-corrected chi connectivity index (χ2v) is 8.79. The summed E-state index contributed by atoms with van der Waals surface area (Å²) in [7, 11) is 1.82. The van der Waals surface area contributed by atoms with Crippen LogP contribution in [0, 0.1) is 5.82 Å². The number of hydrogen-bond acceptors (Lipinski definition) is 3. The highest BCUT2D eigenvalue weighted by Crippen LogP contribution is 2.37. The lowest BCUT2D eigenvalue weighted by Gasteiger charge is -2.23. The van der Waals surface area contributed by atoms with Crippen LogP contribution in [0.3, 0.4) is 0 Å². The number of benzene rings is 3. The first-order valence-corrected chi connectivity index (χ1v) is 11.5. The van der Waals surface area contributed by atoms with Crippen molar-refractivity contribution in [3.63, 3.8) is 0 Å². The Hall–Kier alpha value is -3.64. The Morgan fingerprint density at radius 3 is 2.38 bits per heavy atom. The lowest BCUT2D eigenvalue weighted by Crippen LogP contribution is -2.32. The standard InChI is InChI=1S/C27H23ClFN3O2/c1-31-27(34-23-15-9-20(28)10-16-23)24(25(30-31)18-5-3-2-4-6-18)17-32(22-13-14-22)26(33)19-7-11-21(29)12-8-19/h2-12,15-16,22H,13-14,17H2,1H3. The van der Waals surface area contributed by atoms with Crippen molar-refractivity contribution in [3.05, 3.63) is 101 Å². The molecule has 7 heteroatoms. The summed E-state index contributed by atoms with van der Waals surface area (Å²) in [6.07, 6.45) is 1.86. The highest BCUT2D eigenvalue weighted by atomic mass is 35.5. The number of aromatic nitrogens is 2. The third-order valence-corrected chi connectivity index (χ3v) is 6.08. The fourth-order valence-electron chi connectivity index (χ4n) is 3.95. The van der Waals surface area contributed by atoms with Gasteiger partial charge in [-0.15, -0.1) is 0 Å². The minimum atomic E-state index is -0.369. The Morgan fingerprint density at radius 1 is 1.06 bits per heavy atom. The largest absolute Gasteiger partial charge is 0.439 e. The molecule has 5 rings (SSSR count). The molecule has 0 unspecified atom stereocenters. The molecule has 0 saturated heterocycles. The van der Waals surface area contributed by atoms with Gasteiger partial charge in [-0.2, -0.15) is 5.10 Å². The summed E-state index contributed by atoms with van der Waals surface area (Å²) >= 11 is 6.03. The van der Waals surface area contributed by atoms with Crippen LogP contribution in [-0.4, -0.2) is 26.6 Å². The van der Waals surface area contributed by atoms with Crippen LogP contribution >= 0.6 is 11.6 Å². The molecular formula is C27H23ClFN3O2. The van der Waals surface area contributed by atoms with Gasteiger partial charge in [-0.25, -0.2) is 9.07 Å². The summed E-state index contributed by atoms with van der Waals surface area (Å²) in [5, 5.41) is 5.37. The van der Waals surface area contributed by atoms with Gasteiger partial charge in [-0.1, -0.05) is 41.9 Å². The van der Waals surface area contributed by atoms with Crippen molar-refractivity contribution in [1.29, 1.82) is 0 Å². The van der Waals surface area contributed by atoms with Gasteiger partial charge in [0, 0.05) is 29.2 Å². The Bertz CT molecular complexity index is 1300. The van der Waals surface area contributed by atoms with E-state index in [9.17, 15) is 9.18 Å². The lowest BCUT2D eigenvalue weighted by atomic mass is 10.1. The van der Waals surface area contributed by atoms with E-state index in [2.05, 4.69) is 0 Å². The molecule has 0 spiro atoms. The first kappa shape index (κ1) is 22.2. The number of hydrogen-bond donors (Lipinski definition) is 0. The third-order valence-electron chi connectivity index (χ3n) is 5.83. The van der Waals surface area contributed by atoms with Crippen LogP contribution in [-0.2, 0) is 13.6 Å². The zero-order valence-electron chi connectivity index (χ0n) is 18.6. The Morgan fingerprint density at radius 2 is 1.74 bits per heavy atom. The van der Waals surface area contributed by atoms with Crippen molar-refractivity contribution in [1.82, 2.24) is 14.7 Å². The van der Waals surface area contributed by atoms with Gasteiger partial charge in [-0.3, -0.25) is 4.79 Å². The Labute approximate surface area is 202 Å². The molecule has 5 nitrogen and oxygen atoms in total. The number of rotatable bonds is 7. The maximum atomic E-state index is 13.4. The van der Waals surface area contributed by atoms with E-state index in [0.29, 0.717) is 28.8 Å². The van der Waals surface area contributed by atoms with Gasteiger partial charge in [-0.05, 0) is 61.4 Å². The second-order valence-electron chi connectivity index (χ2n) is 8.35. The fraction of sp³-hybridized carbons (Fsp3) is 0.185. The predicted molar refractivity (Wildman–Crippen MR) is 129 cm³/mol. The SMILES string of the molecule is Cn1nc(-c2ccccc2)c(CN(C(=O)c2ccc(F)cc2)C2CC2)c1Oc1ccc(Cl)cc1. The minimum Gasteiger partial charge on any atom is -0.439 e. The van der Waals surface area contributed by atoms with Crippen molar-refractivity contribution in [2.75, 3.05) is 0 Å². The van der Waals surface area contributed by atoms with Crippen molar-refractivity contribution in [2.45, 2.75) is 25.4 Å². The van der Waals surface area contributed by atoms with Crippen LogP contribution in [0.15, 0.2) is 78.9 Å². The van der Waals surface area contributed by atoms with E-state index in [-0.39, 0.29) is 17.8 Å². The number of carbonyl (C=O) groups is 1. The zero-order chi connectivity index (χ0) is 23.7. The van der Waals surface area contributed by atoms with Gasteiger partial charge >= 0.3 is 0 Å². The number of ether oxygens (including phenoxy) is 1. The molecule has 1 aliphatic carbocycles. The molecule has 1 saturated carbocycles. The Balaban J connectivity index is 1.55. The van der Waals surface area contributed by atoms with Crippen molar-refractivity contribution < 1.29 is 13.9 Å². The van der Waals surface area contributed by atoms with E-state index in [1.807, 2.05) is 42.3 Å². The summed E-state index contributed by atoms with van der Waals surface area (Å²) in [4.78, 5) is 15.3. The van der Waals surface area contributed by atoms with Crippen molar-refractivity contribution in [3.8, 4) is 22.9 Å². The summed E-state index contributed by atoms with van der Waals surface area (Å²) in [5.74, 6) is 0.671. The second kappa shape index (κ2) is 9.31. The highest BCUT2D eigenvalue weighted by Gasteiger charge is 2.35. The van der Waals surface area contributed by atoms with Crippen LogP contribution < -0.4 is 4.74 Å². The monoisotopic (exact) mass is 475 g/mol. The minimum absolute atomic E-state index is 0.129. The molecule has 0 N–H and O–H groups in total. The molecule has 172 valence electrons. The molecule has 0 radical (unpaired) electrons. The normalized spacial score (nSPS) is 13.0. The smallest absolute Gasteiger partial charge is 0.254 e. The molecule has 34 heavy (non-hydrogen) atoms. The van der Waals surface area contributed by atoms with E-state index in [1.165, 1.54) is 24.3 Å². The number of halogens is 2. The van der Waals surface area contributed by atoms with Gasteiger partial charge in [0.05, 0.1) is 12.1 Å². The molecule has 0 atom stereocenters. The van der Waals surface area contributed by atoms with Crippen LogP contribution in [0.1, 0.15) is 28.8 Å². The summed E-state index contributed by atoms with van der Waals surface area (Å²) in [6, 6.07) is 22.8. The summed E-state index contributed by atoms with van der Waals surface area (Å²) in [6.45, 7) is 0.321. The predicted octanol–water partition coefficient (Wildman–Crippen LogP) is 6.48. The number of aryl methyl sites for hydroxylation is 1. The van der Waals surface area contributed by atoms with Crippen LogP contribution in [0.4, 0.5) is 4.39 Å². The van der Waals surface area contributed by atoms with E-state index in [0.717, 1.165) is 29.7 Å².